The highest BCUT2D eigenvalue weighted by atomic mass is 19.4. The molecule has 3 N–H and O–H groups in total. The zero-order valence-corrected chi connectivity index (χ0v) is 18.2. The molecular weight excluding hydrogens is 435 g/mol. The Kier molecular flexibility index (Phi) is 7.40. The van der Waals surface area contributed by atoms with Gasteiger partial charge in [0.05, 0.1) is 16.8 Å². The number of hydrogen-bond acceptors (Lipinski definition) is 3. The SMILES string of the molecule is CC(CC(=O)Nc1ccccc1C(=O)N1CCC(C(N)=O)CC1)c1ccc(C(F)(F)F)cc1. The molecule has 1 heterocycles. The number of primary amides is 1. The summed E-state index contributed by atoms with van der Waals surface area (Å²) in [6, 6.07) is 11.4. The lowest BCUT2D eigenvalue weighted by Crippen LogP contribution is -2.42. The van der Waals surface area contributed by atoms with Crippen molar-refractivity contribution in [3.05, 3.63) is 65.2 Å². The Morgan fingerprint density at radius 1 is 1.06 bits per heavy atom. The van der Waals surface area contributed by atoms with Crippen molar-refractivity contribution < 1.29 is 27.6 Å². The van der Waals surface area contributed by atoms with Gasteiger partial charge in [-0.05, 0) is 48.6 Å². The van der Waals surface area contributed by atoms with E-state index in [9.17, 15) is 27.6 Å². The van der Waals surface area contributed by atoms with Crippen molar-refractivity contribution in [2.75, 3.05) is 18.4 Å². The largest absolute Gasteiger partial charge is 0.416 e. The Morgan fingerprint density at radius 3 is 2.24 bits per heavy atom. The molecule has 1 aliphatic rings. The molecule has 0 aromatic heterocycles. The number of alkyl halides is 3. The van der Waals surface area contributed by atoms with Gasteiger partial charge in [0.2, 0.25) is 11.8 Å². The van der Waals surface area contributed by atoms with Crippen LogP contribution in [0.2, 0.25) is 0 Å². The number of anilines is 1. The van der Waals surface area contributed by atoms with Gasteiger partial charge in [0.1, 0.15) is 0 Å². The first-order valence-corrected chi connectivity index (χ1v) is 10.7. The van der Waals surface area contributed by atoms with Crippen LogP contribution in [-0.4, -0.2) is 35.7 Å². The maximum absolute atomic E-state index is 13.0. The highest BCUT2D eigenvalue weighted by Gasteiger charge is 2.30. The Bertz CT molecular complexity index is 1010. The van der Waals surface area contributed by atoms with Crippen LogP contribution in [0.15, 0.2) is 48.5 Å². The van der Waals surface area contributed by atoms with Gasteiger partial charge in [-0.15, -0.1) is 0 Å². The molecule has 2 aromatic carbocycles. The second kappa shape index (κ2) is 10.1. The fraction of sp³-hybridized carbons (Fsp3) is 0.375. The fourth-order valence-corrected chi connectivity index (χ4v) is 3.91. The van der Waals surface area contributed by atoms with Crippen LogP contribution in [0.1, 0.15) is 53.6 Å². The van der Waals surface area contributed by atoms with Crippen molar-refractivity contribution in [3.8, 4) is 0 Å². The van der Waals surface area contributed by atoms with Crippen molar-refractivity contribution in [2.24, 2.45) is 11.7 Å². The van der Waals surface area contributed by atoms with Crippen LogP contribution >= 0.6 is 0 Å². The maximum Gasteiger partial charge on any atom is 0.416 e. The Balaban J connectivity index is 1.64. The summed E-state index contributed by atoms with van der Waals surface area (Å²) < 4.78 is 38.2. The zero-order chi connectivity index (χ0) is 24.2. The molecular formula is C24H26F3N3O3. The molecule has 0 radical (unpaired) electrons. The summed E-state index contributed by atoms with van der Waals surface area (Å²) in [5.41, 5.74) is 5.92. The van der Waals surface area contributed by atoms with E-state index in [0.29, 0.717) is 42.7 Å². The van der Waals surface area contributed by atoms with Gasteiger partial charge in [0.25, 0.3) is 5.91 Å². The monoisotopic (exact) mass is 461 g/mol. The third-order valence-corrected chi connectivity index (χ3v) is 5.91. The maximum atomic E-state index is 13.0. The van der Waals surface area contributed by atoms with Crippen molar-refractivity contribution in [3.63, 3.8) is 0 Å². The smallest absolute Gasteiger partial charge is 0.369 e. The predicted octanol–water partition coefficient (Wildman–Crippen LogP) is 4.18. The highest BCUT2D eigenvalue weighted by Crippen LogP contribution is 2.31. The number of nitrogens with one attached hydrogen (secondary N) is 1. The molecule has 9 heteroatoms. The number of likely N-dealkylation sites (tertiary alicyclic amines) is 1. The first kappa shape index (κ1) is 24.3. The quantitative estimate of drug-likeness (QED) is 0.676. The minimum absolute atomic E-state index is 0.0396. The van der Waals surface area contributed by atoms with Crippen molar-refractivity contribution in [1.82, 2.24) is 4.90 Å². The van der Waals surface area contributed by atoms with E-state index in [0.717, 1.165) is 12.1 Å². The summed E-state index contributed by atoms with van der Waals surface area (Å²) in [6.07, 6.45) is -3.37. The van der Waals surface area contributed by atoms with E-state index in [1.807, 2.05) is 0 Å². The lowest BCUT2D eigenvalue weighted by molar-refractivity contribution is -0.137. The predicted molar refractivity (Wildman–Crippen MR) is 117 cm³/mol. The molecule has 1 unspecified atom stereocenters. The second-order valence-corrected chi connectivity index (χ2v) is 8.29. The van der Waals surface area contributed by atoms with E-state index < -0.39 is 11.7 Å². The number of nitrogens with zero attached hydrogens (tertiary/aromatic N) is 1. The van der Waals surface area contributed by atoms with Crippen molar-refractivity contribution >= 4 is 23.4 Å². The molecule has 176 valence electrons. The van der Waals surface area contributed by atoms with Gasteiger partial charge in [-0.1, -0.05) is 31.2 Å². The minimum atomic E-state index is -4.41. The molecule has 0 saturated carbocycles. The molecule has 0 bridgehead atoms. The first-order valence-electron chi connectivity index (χ1n) is 10.7. The summed E-state index contributed by atoms with van der Waals surface area (Å²) in [4.78, 5) is 38.6. The van der Waals surface area contributed by atoms with E-state index in [2.05, 4.69) is 5.32 Å². The van der Waals surface area contributed by atoms with Gasteiger partial charge in [0.15, 0.2) is 0 Å². The van der Waals surface area contributed by atoms with Crippen LogP contribution in [0.4, 0.5) is 18.9 Å². The number of piperidine rings is 1. The molecule has 1 fully saturated rings. The topological polar surface area (TPSA) is 92.5 Å². The Hall–Kier alpha value is -3.36. The number of carbonyl (C=O) groups excluding carboxylic acids is 3. The number of para-hydroxylation sites is 1. The molecule has 6 nitrogen and oxygen atoms in total. The second-order valence-electron chi connectivity index (χ2n) is 8.29. The third kappa shape index (κ3) is 6.12. The molecule has 3 amide bonds. The molecule has 0 spiro atoms. The standard InChI is InChI=1S/C24H26F3N3O3/c1-15(16-6-8-18(9-7-16)24(25,26)27)14-21(31)29-20-5-3-2-4-19(20)23(33)30-12-10-17(11-13-30)22(28)32/h2-9,15,17H,10-14H2,1H3,(H2,28,32)(H,29,31). The van der Waals surface area contributed by atoms with Gasteiger partial charge in [-0.2, -0.15) is 13.2 Å². The van der Waals surface area contributed by atoms with Gasteiger partial charge in [-0.3, -0.25) is 14.4 Å². The van der Waals surface area contributed by atoms with Crippen LogP contribution in [-0.2, 0) is 15.8 Å². The molecule has 1 saturated heterocycles. The van der Waals surface area contributed by atoms with Crippen LogP contribution in [0.3, 0.4) is 0 Å². The Labute approximate surface area is 189 Å². The van der Waals surface area contributed by atoms with Crippen LogP contribution in [0.5, 0.6) is 0 Å². The molecule has 1 atom stereocenters. The lowest BCUT2D eigenvalue weighted by atomic mass is 9.95. The summed E-state index contributed by atoms with van der Waals surface area (Å²) in [6.45, 7) is 2.56. The lowest BCUT2D eigenvalue weighted by Gasteiger charge is -2.31. The number of halogens is 3. The van der Waals surface area contributed by atoms with Crippen LogP contribution in [0, 0.1) is 5.92 Å². The number of hydrogen-bond donors (Lipinski definition) is 2. The van der Waals surface area contributed by atoms with Gasteiger partial charge in [0, 0.05) is 25.4 Å². The first-order chi connectivity index (χ1) is 15.6. The average molecular weight is 461 g/mol. The van der Waals surface area contributed by atoms with Gasteiger partial charge >= 0.3 is 6.18 Å². The summed E-state index contributed by atoms with van der Waals surface area (Å²) in [5.74, 6) is -1.52. The van der Waals surface area contributed by atoms with E-state index in [-0.39, 0.29) is 36.0 Å². The van der Waals surface area contributed by atoms with E-state index in [1.54, 1.807) is 36.1 Å². The van der Waals surface area contributed by atoms with Crippen molar-refractivity contribution in [2.45, 2.75) is 38.3 Å². The summed E-state index contributed by atoms with van der Waals surface area (Å²) in [7, 11) is 0. The number of carbonyl (C=O) groups is 3. The molecule has 0 aliphatic carbocycles. The van der Waals surface area contributed by atoms with Gasteiger partial charge in [-0.25, -0.2) is 0 Å². The van der Waals surface area contributed by atoms with E-state index in [4.69, 9.17) is 5.73 Å². The number of rotatable bonds is 6. The molecule has 33 heavy (non-hydrogen) atoms. The third-order valence-electron chi connectivity index (χ3n) is 5.91. The van der Waals surface area contributed by atoms with Crippen molar-refractivity contribution in [1.29, 1.82) is 0 Å². The Morgan fingerprint density at radius 2 is 1.67 bits per heavy atom. The molecule has 3 rings (SSSR count). The highest BCUT2D eigenvalue weighted by molar-refractivity contribution is 6.04. The summed E-state index contributed by atoms with van der Waals surface area (Å²) in [5, 5.41) is 2.75. The molecule has 2 aromatic rings. The number of benzene rings is 2. The zero-order valence-electron chi connectivity index (χ0n) is 18.2. The number of nitrogens with two attached hydrogens (primary N) is 1. The van der Waals surface area contributed by atoms with Crippen LogP contribution in [0.25, 0.3) is 0 Å². The number of amides is 3. The fourth-order valence-electron chi connectivity index (χ4n) is 3.91. The molecule has 1 aliphatic heterocycles. The van der Waals surface area contributed by atoms with Crippen LogP contribution < -0.4 is 11.1 Å². The summed E-state index contributed by atoms with van der Waals surface area (Å²) >= 11 is 0. The van der Waals surface area contributed by atoms with E-state index in [1.165, 1.54) is 12.1 Å². The normalized spacial score (nSPS) is 15.7. The van der Waals surface area contributed by atoms with E-state index >= 15 is 0 Å². The average Bonchev–Trinajstić information content (AvgIpc) is 2.78. The minimum Gasteiger partial charge on any atom is -0.369 e. The van der Waals surface area contributed by atoms with Gasteiger partial charge < -0.3 is 16.0 Å².